The minimum atomic E-state index is -0.332. The van der Waals surface area contributed by atoms with Crippen molar-refractivity contribution in [1.29, 1.82) is 0 Å². The molecular weight excluding hydrogens is 395 g/mol. The summed E-state index contributed by atoms with van der Waals surface area (Å²) in [6.45, 7) is 4.18. The molecule has 5 rings (SSSR count). The number of nitrogen functional groups attached to an aromatic ring is 1. The molecular formula is C23H23FN6O. The lowest BCUT2D eigenvalue weighted by Gasteiger charge is -2.17. The summed E-state index contributed by atoms with van der Waals surface area (Å²) in [5, 5.41) is 9.45. The second kappa shape index (κ2) is 7.23. The highest BCUT2D eigenvalue weighted by Gasteiger charge is 2.22. The molecule has 1 aliphatic heterocycles. The quantitative estimate of drug-likeness (QED) is 0.509. The third-order valence-electron chi connectivity index (χ3n) is 5.65. The van der Waals surface area contributed by atoms with Crippen LogP contribution in [0.5, 0.6) is 5.75 Å². The molecule has 0 atom stereocenters. The van der Waals surface area contributed by atoms with Crippen molar-refractivity contribution in [2.45, 2.75) is 33.3 Å². The Morgan fingerprint density at radius 2 is 2.03 bits per heavy atom. The minimum Gasteiger partial charge on any atom is -0.485 e. The van der Waals surface area contributed by atoms with Crippen LogP contribution in [-0.2, 0) is 26.5 Å². The zero-order chi connectivity index (χ0) is 21.7. The molecule has 0 spiro atoms. The summed E-state index contributed by atoms with van der Waals surface area (Å²) in [5.74, 6) is 0.418. The maximum Gasteiger partial charge on any atom is 0.166 e. The predicted octanol–water partition coefficient (Wildman–Crippen LogP) is 3.74. The Morgan fingerprint density at radius 3 is 2.84 bits per heavy atom. The molecule has 0 amide bonds. The molecule has 158 valence electrons. The van der Waals surface area contributed by atoms with Crippen LogP contribution in [0.3, 0.4) is 0 Å². The van der Waals surface area contributed by atoms with E-state index < -0.39 is 0 Å². The first kappa shape index (κ1) is 19.3. The summed E-state index contributed by atoms with van der Waals surface area (Å²) in [7, 11) is 1.95. The number of nitrogens with two attached hydrogens (primary N) is 1. The summed E-state index contributed by atoms with van der Waals surface area (Å²) in [4.78, 5) is 4.36. The van der Waals surface area contributed by atoms with Gasteiger partial charge in [-0.2, -0.15) is 10.2 Å². The lowest BCUT2D eigenvalue weighted by Crippen LogP contribution is -2.11. The molecule has 0 unspecified atom stereocenters. The second-order valence-electron chi connectivity index (χ2n) is 7.78. The lowest BCUT2D eigenvalue weighted by molar-refractivity contribution is 0.305. The molecule has 0 saturated heterocycles. The minimum absolute atomic E-state index is 0.140. The second-order valence-corrected chi connectivity index (χ2v) is 7.78. The van der Waals surface area contributed by atoms with Crippen LogP contribution < -0.4 is 10.5 Å². The number of hydrogen-bond acceptors (Lipinski definition) is 5. The SMILES string of the molecule is CCc1nn(C)c2c1-c1cnc(N)c(c1)OCc1cc(F)ccc1-n1nc(C)cc1C2. The van der Waals surface area contributed by atoms with Gasteiger partial charge in [0, 0.05) is 36.4 Å². The van der Waals surface area contributed by atoms with Crippen molar-refractivity contribution in [2.24, 2.45) is 7.05 Å². The van der Waals surface area contributed by atoms with Gasteiger partial charge in [0.05, 0.1) is 28.5 Å². The van der Waals surface area contributed by atoms with Crippen LogP contribution >= 0.6 is 0 Å². The molecule has 8 heteroatoms. The Labute approximate surface area is 179 Å². The number of aromatic nitrogens is 5. The maximum absolute atomic E-state index is 14.1. The average molecular weight is 418 g/mol. The monoisotopic (exact) mass is 418 g/mol. The standard InChI is InChI=1S/C23H23FN6O/c1-4-18-22-14-9-21(23(25)26-11-14)31-12-15-8-16(24)5-6-19(15)30-17(7-13(2)27-30)10-20(22)29(3)28-18/h5-9,11H,4,10,12H2,1-3H3,(H2,25,26). The van der Waals surface area contributed by atoms with Crippen LogP contribution in [0, 0.1) is 12.7 Å². The third-order valence-corrected chi connectivity index (χ3v) is 5.65. The van der Waals surface area contributed by atoms with Gasteiger partial charge in [-0.3, -0.25) is 4.68 Å². The number of pyridine rings is 1. The van der Waals surface area contributed by atoms with Crippen molar-refractivity contribution < 1.29 is 9.13 Å². The number of anilines is 1. The molecule has 0 saturated carbocycles. The van der Waals surface area contributed by atoms with Gasteiger partial charge >= 0.3 is 0 Å². The van der Waals surface area contributed by atoms with E-state index >= 15 is 0 Å². The summed E-state index contributed by atoms with van der Waals surface area (Å²) < 4.78 is 23.9. The number of nitrogens with zero attached hydrogens (tertiary/aromatic N) is 5. The number of rotatable bonds is 1. The number of aryl methyl sites for hydroxylation is 3. The molecule has 2 bridgehead atoms. The van der Waals surface area contributed by atoms with E-state index in [4.69, 9.17) is 20.7 Å². The van der Waals surface area contributed by atoms with Gasteiger partial charge in [-0.15, -0.1) is 0 Å². The van der Waals surface area contributed by atoms with Crippen LogP contribution in [-0.4, -0.2) is 24.5 Å². The van der Waals surface area contributed by atoms with Gasteiger partial charge in [-0.1, -0.05) is 6.92 Å². The summed E-state index contributed by atoms with van der Waals surface area (Å²) in [5.41, 5.74) is 13.4. The van der Waals surface area contributed by atoms with E-state index in [1.165, 1.54) is 12.1 Å². The van der Waals surface area contributed by atoms with Crippen molar-refractivity contribution in [3.8, 4) is 22.6 Å². The van der Waals surface area contributed by atoms with E-state index in [0.717, 1.165) is 46.0 Å². The smallest absolute Gasteiger partial charge is 0.166 e. The van der Waals surface area contributed by atoms with Crippen molar-refractivity contribution >= 4 is 5.82 Å². The molecule has 4 aromatic rings. The van der Waals surface area contributed by atoms with E-state index in [2.05, 4.69) is 18.0 Å². The van der Waals surface area contributed by atoms with E-state index in [1.807, 2.05) is 29.4 Å². The summed E-state index contributed by atoms with van der Waals surface area (Å²) in [6, 6.07) is 8.59. The fourth-order valence-electron chi connectivity index (χ4n) is 4.20. The number of ether oxygens (including phenoxy) is 1. The number of benzene rings is 1. The Balaban J connectivity index is 1.81. The molecule has 1 aliphatic rings. The number of halogens is 1. The highest BCUT2D eigenvalue weighted by Crippen LogP contribution is 2.35. The molecule has 3 aromatic heterocycles. The Morgan fingerprint density at radius 1 is 1.19 bits per heavy atom. The first-order valence-corrected chi connectivity index (χ1v) is 10.2. The van der Waals surface area contributed by atoms with Gasteiger partial charge in [0.15, 0.2) is 11.6 Å². The molecule has 0 fully saturated rings. The zero-order valence-electron chi connectivity index (χ0n) is 17.7. The Bertz CT molecular complexity index is 1310. The highest BCUT2D eigenvalue weighted by molar-refractivity contribution is 5.72. The van der Waals surface area contributed by atoms with Crippen molar-refractivity contribution in [1.82, 2.24) is 24.5 Å². The molecule has 0 aliphatic carbocycles. The molecule has 7 nitrogen and oxygen atoms in total. The highest BCUT2D eigenvalue weighted by atomic mass is 19.1. The van der Waals surface area contributed by atoms with E-state index in [9.17, 15) is 4.39 Å². The molecule has 31 heavy (non-hydrogen) atoms. The van der Waals surface area contributed by atoms with Crippen LogP contribution in [0.15, 0.2) is 36.5 Å². The molecule has 0 radical (unpaired) electrons. The normalized spacial score (nSPS) is 12.8. The van der Waals surface area contributed by atoms with Crippen molar-refractivity contribution in [2.75, 3.05) is 5.73 Å². The Kier molecular flexibility index (Phi) is 4.50. The fraction of sp³-hybridized carbons (Fsp3) is 0.261. The predicted molar refractivity (Wildman–Crippen MR) is 116 cm³/mol. The van der Waals surface area contributed by atoms with Crippen LogP contribution in [0.1, 0.15) is 35.3 Å². The zero-order valence-corrected chi connectivity index (χ0v) is 17.7. The molecule has 1 aromatic carbocycles. The van der Waals surface area contributed by atoms with Crippen LogP contribution in [0.25, 0.3) is 16.8 Å². The maximum atomic E-state index is 14.1. The van der Waals surface area contributed by atoms with Gasteiger partial charge in [0.2, 0.25) is 0 Å². The third kappa shape index (κ3) is 3.24. The summed E-state index contributed by atoms with van der Waals surface area (Å²) >= 11 is 0. The van der Waals surface area contributed by atoms with Crippen molar-refractivity contribution in [3.05, 3.63) is 70.7 Å². The first-order chi connectivity index (χ1) is 14.9. The molecule has 4 heterocycles. The van der Waals surface area contributed by atoms with Gasteiger partial charge in [-0.25, -0.2) is 14.1 Å². The van der Waals surface area contributed by atoms with Gasteiger partial charge in [-0.05, 0) is 43.7 Å². The van der Waals surface area contributed by atoms with E-state index in [0.29, 0.717) is 17.7 Å². The van der Waals surface area contributed by atoms with Crippen molar-refractivity contribution in [3.63, 3.8) is 0 Å². The van der Waals surface area contributed by atoms with Gasteiger partial charge < -0.3 is 10.5 Å². The summed E-state index contributed by atoms with van der Waals surface area (Å²) in [6.07, 6.45) is 3.14. The largest absolute Gasteiger partial charge is 0.485 e. The number of fused-ring (bicyclic) bond motifs is 7. The average Bonchev–Trinajstić information content (AvgIpc) is 3.26. The van der Waals surface area contributed by atoms with Gasteiger partial charge in [0.1, 0.15) is 12.4 Å². The van der Waals surface area contributed by atoms with E-state index in [-0.39, 0.29) is 18.2 Å². The topological polar surface area (TPSA) is 83.8 Å². The molecule has 2 N–H and O–H groups in total. The van der Waals surface area contributed by atoms with Crippen LogP contribution in [0.2, 0.25) is 0 Å². The fourth-order valence-corrected chi connectivity index (χ4v) is 4.20. The number of hydrogen-bond donors (Lipinski definition) is 1. The lowest BCUT2D eigenvalue weighted by atomic mass is 10.00. The van der Waals surface area contributed by atoms with E-state index in [1.54, 1.807) is 12.3 Å². The van der Waals surface area contributed by atoms with Crippen LogP contribution in [0.4, 0.5) is 10.2 Å². The van der Waals surface area contributed by atoms with Gasteiger partial charge in [0.25, 0.3) is 0 Å². The Hall–Kier alpha value is -3.68. The first-order valence-electron chi connectivity index (χ1n) is 10.2.